The van der Waals surface area contributed by atoms with E-state index in [-0.39, 0.29) is 12.0 Å². The van der Waals surface area contributed by atoms with Crippen LogP contribution in [0.4, 0.5) is 0 Å². The molecule has 0 spiro atoms. The minimum absolute atomic E-state index is 0.102. The molecular formula is C12H24O3. The third kappa shape index (κ3) is 2.71. The molecule has 1 fully saturated rings. The van der Waals surface area contributed by atoms with Gasteiger partial charge < -0.3 is 14.6 Å². The van der Waals surface area contributed by atoms with E-state index in [9.17, 15) is 5.11 Å². The lowest BCUT2D eigenvalue weighted by atomic mass is 9.86. The van der Waals surface area contributed by atoms with Crippen LogP contribution < -0.4 is 0 Å². The Morgan fingerprint density at radius 2 is 1.73 bits per heavy atom. The quantitative estimate of drug-likeness (QED) is 0.740. The first-order chi connectivity index (χ1) is 7.20. The summed E-state index contributed by atoms with van der Waals surface area (Å²) in [4.78, 5) is 0. The van der Waals surface area contributed by atoms with Crippen molar-refractivity contribution < 1.29 is 14.6 Å². The van der Waals surface area contributed by atoms with Crippen molar-refractivity contribution in [3.05, 3.63) is 0 Å². The van der Waals surface area contributed by atoms with Crippen LogP contribution in [0.5, 0.6) is 0 Å². The molecule has 0 aromatic carbocycles. The fraction of sp³-hybridized carbons (Fsp3) is 1.00. The van der Waals surface area contributed by atoms with Crippen molar-refractivity contribution in [3.63, 3.8) is 0 Å². The molecule has 0 aliphatic carbocycles. The summed E-state index contributed by atoms with van der Waals surface area (Å²) in [6.45, 7) is 7.53. The fourth-order valence-electron chi connectivity index (χ4n) is 2.52. The zero-order valence-electron chi connectivity index (χ0n) is 10.2. The topological polar surface area (TPSA) is 38.7 Å². The van der Waals surface area contributed by atoms with Gasteiger partial charge in [-0.2, -0.15) is 0 Å². The average Bonchev–Trinajstić information content (AvgIpc) is 2.68. The van der Waals surface area contributed by atoms with E-state index in [1.807, 2.05) is 6.92 Å². The Labute approximate surface area is 92.8 Å². The van der Waals surface area contributed by atoms with Gasteiger partial charge in [0.1, 0.15) is 0 Å². The maximum absolute atomic E-state index is 10.0. The van der Waals surface area contributed by atoms with Gasteiger partial charge in [-0.25, -0.2) is 0 Å². The minimum atomic E-state index is -0.515. The van der Waals surface area contributed by atoms with Crippen molar-refractivity contribution in [2.24, 2.45) is 5.92 Å². The lowest BCUT2D eigenvalue weighted by Gasteiger charge is -2.37. The SMILES string of the molecule is CCCC1(C(CC)C(O)CC)OCCO1. The summed E-state index contributed by atoms with van der Waals surface area (Å²) in [6, 6.07) is 0. The van der Waals surface area contributed by atoms with E-state index in [0.29, 0.717) is 13.2 Å². The van der Waals surface area contributed by atoms with Gasteiger partial charge in [0.15, 0.2) is 5.79 Å². The molecule has 0 radical (unpaired) electrons. The Morgan fingerprint density at radius 3 is 2.13 bits per heavy atom. The molecule has 1 aliphatic rings. The summed E-state index contributed by atoms with van der Waals surface area (Å²) in [5.41, 5.74) is 0. The van der Waals surface area contributed by atoms with Crippen LogP contribution in [0.25, 0.3) is 0 Å². The van der Waals surface area contributed by atoms with Gasteiger partial charge in [0.25, 0.3) is 0 Å². The van der Waals surface area contributed by atoms with Crippen LogP contribution >= 0.6 is 0 Å². The first-order valence-corrected chi connectivity index (χ1v) is 6.16. The second-order valence-electron chi connectivity index (χ2n) is 4.25. The number of aliphatic hydroxyl groups excluding tert-OH is 1. The predicted molar refractivity (Wildman–Crippen MR) is 59.6 cm³/mol. The Kier molecular flexibility index (Phi) is 5.03. The highest BCUT2D eigenvalue weighted by Crippen LogP contribution is 2.37. The molecule has 0 aromatic heterocycles. The normalized spacial score (nSPS) is 24.0. The molecular weight excluding hydrogens is 192 g/mol. The van der Waals surface area contributed by atoms with E-state index in [0.717, 1.165) is 25.7 Å². The highest BCUT2D eigenvalue weighted by molar-refractivity contribution is 4.86. The van der Waals surface area contributed by atoms with Crippen molar-refractivity contribution in [2.75, 3.05) is 13.2 Å². The van der Waals surface area contributed by atoms with E-state index >= 15 is 0 Å². The van der Waals surface area contributed by atoms with Crippen LogP contribution in [0.2, 0.25) is 0 Å². The van der Waals surface area contributed by atoms with E-state index < -0.39 is 5.79 Å². The molecule has 0 saturated carbocycles. The van der Waals surface area contributed by atoms with E-state index in [4.69, 9.17) is 9.47 Å². The van der Waals surface area contributed by atoms with Gasteiger partial charge in [-0.1, -0.05) is 27.2 Å². The second-order valence-corrected chi connectivity index (χ2v) is 4.25. The van der Waals surface area contributed by atoms with Crippen molar-refractivity contribution in [2.45, 2.75) is 58.3 Å². The van der Waals surface area contributed by atoms with Crippen LogP contribution in [-0.2, 0) is 9.47 Å². The van der Waals surface area contributed by atoms with Crippen LogP contribution in [0, 0.1) is 5.92 Å². The number of rotatable bonds is 6. The molecule has 1 saturated heterocycles. The largest absolute Gasteiger partial charge is 0.393 e. The molecule has 15 heavy (non-hydrogen) atoms. The maximum Gasteiger partial charge on any atom is 0.173 e. The number of ether oxygens (including phenoxy) is 2. The molecule has 1 aliphatic heterocycles. The zero-order chi connectivity index (χ0) is 11.3. The lowest BCUT2D eigenvalue weighted by molar-refractivity contribution is -0.221. The van der Waals surface area contributed by atoms with Crippen LogP contribution in [0.1, 0.15) is 46.5 Å². The Balaban J connectivity index is 2.75. The summed E-state index contributed by atoms with van der Waals surface area (Å²) in [5, 5.41) is 10.0. The third-order valence-corrected chi connectivity index (χ3v) is 3.26. The Bertz CT molecular complexity index is 176. The van der Waals surface area contributed by atoms with Crippen molar-refractivity contribution in [1.29, 1.82) is 0 Å². The molecule has 3 heteroatoms. The van der Waals surface area contributed by atoms with Gasteiger partial charge in [-0.05, 0) is 12.8 Å². The molecule has 0 aromatic rings. The van der Waals surface area contributed by atoms with Crippen LogP contribution in [0.3, 0.4) is 0 Å². The van der Waals surface area contributed by atoms with Crippen LogP contribution in [0.15, 0.2) is 0 Å². The monoisotopic (exact) mass is 216 g/mol. The van der Waals surface area contributed by atoms with Gasteiger partial charge >= 0.3 is 0 Å². The van der Waals surface area contributed by atoms with E-state index in [2.05, 4.69) is 13.8 Å². The third-order valence-electron chi connectivity index (χ3n) is 3.26. The molecule has 1 rings (SSSR count). The number of aliphatic hydroxyl groups is 1. The van der Waals surface area contributed by atoms with Gasteiger partial charge in [-0.3, -0.25) is 0 Å². The first kappa shape index (κ1) is 12.9. The molecule has 1 heterocycles. The number of hydrogen-bond acceptors (Lipinski definition) is 3. The zero-order valence-corrected chi connectivity index (χ0v) is 10.2. The summed E-state index contributed by atoms with van der Waals surface area (Å²) in [5.74, 6) is -0.413. The molecule has 1 N–H and O–H groups in total. The summed E-state index contributed by atoms with van der Waals surface area (Å²) in [6.07, 6.45) is 3.24. The highest BCUT2D eigenvalue weighted by atomic mass is 16.7. The molecule has 2 unspecified atom stereocenters. The minimum Gasteiger partial charge on any atom is -0.393 e. The van der Waals surface area contributed by atoms with Gasteiger partial charge in [-0.15, -0.1) is 0 Å². The molecule has 90 valence electrons. The Morgan fingerprint density at radius 1 is 1.13 bits per heavy atom. The van der Waals surface area contributed by atoms with E-state index in [1.54, 1.807) is 0 Å². The summed E-state index contributed by atoms with van der Waals surface area (Å²) < 4.78 is 11.5. The van der Waals surface area contributed by atoms with Gasteiger partial charge in [0.2, 0.25) is 0 Å². The van der Waals surface area contributed by atoms with Crippen molar-refractivity contribution >= 4 is 0 Å². The predicted octanol–water partition coefficient (Wildman–Crippen LogP) is 2.33. The molecule has 0 amide bonds. The Hall–Kier alpha value is -0.120. The van der Waals surface area contributed by atoms with Crippen molar-refractivity contribution in [3.8, 4) is 0 Å². The smallest absolute Gasteiger partial charge is 0.173 e. The number of hydrogen-bond donors (Lipinski definition) is 1. The summed E-state index contributed by atoms with van der Waals surface area (Å²) >= 11 is 0. The fourth-order valence-corrected chi connectivity index (χ4v) is 2.52. The van der Waals surface area contributed by atoms with Gasteiger partial charge in [0.05, 0.1) is 19.3 Å². The maximum atomic E-state index is 10.0. The molecule has 3 nitrogen and oxygen atoms in total. The average molecular weight is 216 g/mol. The molecule has 0 bridgehead atoms. The standard InChI is InChI=1S/C12H24O3/c1-4-7-12(14-8-9-15-12)10(5-2)11(13)6-3/h10-11,13H,4-9H2,1-3H3. The van der Waals surface area contributed by atoms with Crippen molar-refractivity contribution in [1.82, 2.24) is 0 Å². The van der Waals surface area contributed by atoms with Crippen LogP contribution in [-0.4, -0.2) is 30.2 Å². The first-order valence-electron chi connectivity index (χ1n) is 6.16. The van der Waals surface area contributed by atoms with Gasteiger partial charge in [0, 0.05) is 12.3 Å². The highest BCUT2D eigenvalue weighted by Gasteiger charge is 2.45. The lowest BCUT2D eigenvalue weighted by Crippen LogP contribution is -2.45. The summed E-state index contributed by atoms with van der Waals surface area (Å²) in [7, 11) is 0. The van der Waals surface area contributed by atoms with E-state index in [1.165, 1.54) is 0 Å². The molecule has 2 atom stereocenters. The second kappa shape index (κ2) is 5.83.